The largest absolute Gasteiger partial charge is 0.496 e. The van der Waals surface area contributed by atoms with E-state index in [4.69, 9.17) is 9.47 Å². The summed E-state index contributed by atoms with van der Waals surface area (Å²) in [4.78, 5) is 26.5. The molecule has 0 bridgehead atoms. The third-order valence-corrected chi connectivity index (χ3v) is 5.02. The summed E-state index contributed by atoms with van der Waals surface area (Å²) in [5, 5.41) is 3.04. The van der Waals surface area contributed by atoms with Crippen molar-refractivity contribution in [2.24, 2.45) is 11.3 Å². The number of carbonyl (C=O) groups is 2. The zero-order valence-electron chi connectivity index (χ0n) is 14.9. The van der Waals surface area contributed by atoms with E-state index >= 15 is 0 Å². The van der Waals surface area contributed by atoms with Crippen LogP contribution in [0.2, 0.25) is 0 Å². The van der Waals surface area contributed by atoms with Crippen molar-refractivity contribution in [3.8, 4) is 5.75 Å². The molecule has 1 aromatic rings. The van der Waals surface area contributed by atoms with Gasteiger partial charge in [-0.05, 0) is 12.5 Å². The van der Waals surface area contributed by atoms with Gasteiger partial charge < -0.3 is 19.7 Å². The minimum absolute atomic E-state index is 0.0330. The summed E-state index contributed by atoms with van der Waals surface area (Å²) >= 11 is 0. The SMILES string of the molecule is COc1ccccc1CN1C[C@H](C(=O)NCC2(C)COC2)CCC1=O. The fourth-order valence-electron chi connectivity index (χ4n) is 3.32. The van der Waals surface area contributed by atoms with E-state index in [2.05, 4.69) is 12.2 Å². The number of benzene rings is 1. The van der Waals surface area contributed by atoms with Crippen LogP contribution in [0.25, 0.3) is 0 Å². The van der Waals surface area contributed by atoms with Gasteiger partial charge in [0.25, 0.3) is 0 Å². The van der Waals surface area contributed by atoms with Gasteiger partial charge in [-0.3, -0.25) is 9.59 Å². The van der Waals surface area contributed by atoms with E-state index in [1.54, 1.807) is 12.0 Å². The number of hydrogen-bond donors (Lipinski definition) is 1. The van der Waals surface area contributed by atoms with E-state index in [1.165, 1.54) is 0 Å². The predicted octanol–water partition coefficient (Wildman–Crippen LogP) is 1.59. The quantitative estimate of drug-likeness (QED) is 0.849. The second-order valence-corrected chi connectivity index (χ2v) is 7.34. The zero-order valence-corrected chi connectivity index (χ0v) is 14.9. The molecule has 0 saturated carbocycles. The van der Waals surface area contributed by atoms with Crippen LogP contribution in [-0.4, -0.2) is 50.1 Å². The van der Waals surface area contributed by atoms with Crippen molar-refractivity contribution in [2.45, 2.75) is 26.3 Å². The van der Waals surface area contributed by atoms with Gasteiger partial charge in [-0.2, -0.15) is 0 Å². The smallest absolute Gasteiger partial charge is 0.224 e. The molecule has 2 aliphatic heterocycles. The number of para-hydroxylation sites is 1. The van der Waals surface area contributed by atoms with Crippen molar-refractivity contribution >= 4 is 11.8 Å². The molecule has 136 valence electrons. The molecule has 2 aliphatic rings. The molecule has 2 saturated heterocycles. The van der Waals surface area contributed by atoms with Gasteiger partial charge >= 0.3 is 0 Å². The van der Waals surface area contributed by atoms with Gasteiger partial charge in [0, 0.05) is 37.0 Å². The molecule has 0 aromatic heterocycles. The Balaban J connectivity index is 1.59. The predicted molar refractivity (Wildman–Crippen MR) is 93.1 cm³/mol. The van der Waals surface area contributed by atoms with Crippen LogP contribution in [0.15, 0.2) is 24.3 Å². The van der Waals surface area contributed by atoms with Crippen molar-refractivity contribution in [1.82, 2.24) is 10.2 Å². The van der Waals surface area contributed by atoms with E-state index in [0.717, 1.165) is 11.3 Å². The first kappa shape index (κ1) is 17.7. The highest BCUT2D eigenvalue weighted by Gasteiger charge is 2.35. The van der Waals surface area contributed by atoms with Gasteiger partial charge in [-0.25, -0.2) is 0 Å². The van der Waals surface area contributed by atoms with E-state index in [0.29, 0.717) is 45.7 Å². The average Bonchev–Trinajstić information content (AvgIpc) is 2.60. The van der Waals surface area contributed by atoms with Crippen molar-refractivity contribution in [3.05, 3.63) is 29.8 Å². The standard InChI is InChI=1S/C19H26N2O4/c1-19(12-25-13-19)11-20-18(23)15-7-8-17(22)21(10-15)9-14-5-3-4-6-16(14)24-2/h3-6,15H,7-13H2,1-2H3,(H,20,23)/t15-/m1/s1. The fraction of sp³-hybridized carbons (Fsp3) is 0.579. The number of carbonyl (C=O) groups excluding carboxylic acids is 2. The minimum Gasteiger partial charge on any atom is -0.496 e. The summed E-state index contributed by atoms with van der Waals surface area (Å²) in [6.07, 6.45) is 1.02. The number of amides is 2. The third-order valence-electron chi connectivity index (χ3n) is 5.02. The molecule has 0 spiro atoms. The Morgan fingerprint density at radius 1 is 1.40 bits per heavy atom. The fourth-order valence-corrected chi connectivity index (χ4v) is 3.32. The third kappa shape index (κ3) is 4.12. The van der Waals surface area contributed by atoms with E-state index in [1.807, 2.05) is 24.3 Å². The van der Waals surface area contributed by atoms with Crippen LogP contribution in [0.4, 0.5) is 0 Å². The normalized spacial score (nSPS) is 22.2. The Morgan fingerprint density at radius 2 is 2.16 bits per heavy atom. The van der Waals surface area contributed by atoms with E-state index in [9.17, 15) is 9.59 Å². The molecule has 6 heteroatoms. The molecular formula is C19H26N2O4. The van der Waals surface area contributed by atoms with E-state index < -0.39 is 0 Å². The molecule has 3 rings (SSSR count). The van der Waals surface area contributed by atoms with Gasteiger partial charge in [-0.1, -0.05) is 25.1 Å². The van der Waals surface area contributed by atoms with Gasteiger partial charge in [0.2, 0.25) is 11.8 Å². The molecule has 2 fully saturated rings. The molecule has 1 aromatic carbocycles. The Kier molecular flexibility index (Phi) is 5.27. The summed E-state index contributed by atoms with van der Waals surface area (Å²) < 4.78 is 10.6. The number of hydrogen-bond acceptors (Lipinski definition) is 4. The highest BCUT2D eigenvalue weighted by atomic mass is 16.5. The lowest BCUT2D eigenvalue weighted by Crippen LogP contribution is -2.51. The van der Waals surface area contributed by atoms with Crippen LogP contribution in [0.1, 0.15) is 25.3 Å². The number of methoxy groups -OCH3 is 1. The van der Waals surface area contributed by atoms with Crippen molar-refractivity contribution in [2.75, 3.05) is 33.4 Å². The molecular weight excluding hydrogens is 320 g/mol. The van der Waals surface area contributed by atoms with Gasteiger partial charge in [0.05, 0.1) is 26.2 Å². The molecule has 25 heavy (non-hydrogen) atoms. The summed E-state index contributed by atoms with van der Waals surface area (Å²) in [7, 11) is 1.62. The highest BCUT2D eigenvalue weighted by Crippen LogP contribution is 2.27. The first-order valence-electron chi connectivity index (χ1n) is 8.76. The van der Waals surface area contributed by atoms with Crippen LogP contribution in [0.3, 0.4) is 0 Å². The Morgan fingerprint density at radius 3 is 2.84 bits per heavy atom. The number of ether oxygens (including phenoxy) is 2. The van der Waals surface area contributed by atoms with Crippen LogP contribution in [-0.2, 0) is 20.9 Å². The van der Waals surface area contributed by atoms with Crippen LogP contribution >= 0.6 is 0 Å². The Hall–Kier alpha value is -2.08. The van der Waals surface area contributed by atoms with Crippen molar-refractivity contribution in [3.63, 3.8) is 0 Å². The maximum Gasteiger partial charge on any atom is 0.224 e. The molecule has 1 atom stereocenters. The summed E-state index contributed by atoms with van der Waals surface area (Å²) in [6.45, 7) is 5.04. The number of nitrogens with one attached hydrogen (secondary N) is 1. The number of likely N-dealkylation sites (tertiary alicyclic amines) is 1. The first-order chi connectivity index (χ1) is 12.0. The zero-order chi connectivity index (χ0) is 17.9. The first-order valence-corrected chi connectivity index (χ1v) is 8.76. The molecule has 2 amide bonds. The van der Waals surface area contributed by atoms with Crippen molar-refractivity contribution < 1.29 is 19.1 Å². The van der Waals surface area contributed by atoms with Crippen LogP contribution in [0.5, 0.6) is 5.75 Å². The second kappa shape index (κ2) is 7.44. The lowest BCUT2D eigenvalue weighted by Gasteiger charge is -2.39. The van der Waals surface area contributed by atoms with Gasteiger partial charge in [0.15, 0.2) is 0 Å². The molecule has 6 nitrogen and oxygen atoms in total. The lowest BCUT2D eigenvalue weighted by atomic mass is 9.88. The molecule has 0 unspecified atom stereocenters. The maximum absolute atomic E-state index is 12.5. The van der Waals surface area contributed by atoms with Gasteiger partial charge in [0.1, 0.15) is 5.75 Å². The van der Waals surface area contributed by atoms with Crippen LogP contribution < -0.4 is 10.1 Å². The molecule has 0 radical (unpaired) electrons. The average molecular weight is 346 g/mol. The second-order valence-electron chi connectivity index (χ2n) is 7.34. The maximum atomic E-state index is 12.5. The topological polar surface area (TPSA) is 67.9 Å². The number of nitrogens with zero attached hydrogens (tertiary/aromatic N) is 1. The number of rotatable bonds is 6. The molecule has 0 aliphatic carbocycles. The Labute approximate surface area is 148 Å². The monoisotopic (exact) mass is 346 g/mol. The summed E-state index contributed by atoms with van der Waals surface area (Å²) in [5.41, 5.74) is 1.01. The molecule has 1 N–H and O–H groups in total. The Bertz CT molecular complexity index is 642. The molecule has 2 heterocycles. The van der Waals surface area contributed by atoms with Crippen LogP contribution in [0, 0.1) is 11.3 Å². The summed E-state index contributed by atoms with van der Waals surface area (Å²) in [5.74, 6) is 0.733. The van der Waals surface area contributed by atoms with Gasteiger partial charge in [-0.15, -0.1) is 0 Å². The van der Waals surface area contributed by atoms with E-state index in [-0.39, 0.29) is 23.1 Å². The highest BCUT2D eigenvalue weighted by molar-refractivity contribution is 5.83. The number of piperidine rings is 1. The lowest BCUT2D eigenvalue weighted by molar-refractivity contribution is -0.140. The van der Waals surface area contributed by atoms with Crippen molar-refractivity contribution in [1.29, 1.82) is 0 Å². The minimum atomic E-state index is -0.156. The summed E-state index contributed by atoms with van der Waals surface area (Å²) in [6, 6.07) is 7.67.